The van der Waals surface area contributed by atoms with Crippen LogP contribution in [0, 0.1) is 20.8 Å². The van der Waals surface area contributed by atoms with Gasteiger partial charge in [-0.05, 0) is 72.0 Å². The average molecular weight is 622 g/mol. The molecule has 0 radical (unpaired) electrons. The number of aromatic nitrogens is 3. The summed E-state index contributed by atoms with van der Waals surface area (Å²) in [4.78, 5) is 10.7. The minimum atomic E-state index is -0.287. The summed E-state index contributed by atoms with van der Waals surface area (Å²) in [6, 6.07) is 43.1. The molecule has 0 aliphatic rings. The summed E-state index contributed by atoms with van der Waals surface area (Å²) < 4.78 is 9.23. The van der Waals surface area contributed by atoms with Crippen molar-refractivity contribution in [2.75, 3.05) is 0 Å². The molecule has 0 bridgehead atoms. The first kappa shape index (κ1) is 28.5. The second kappa shape index (κ2) is 10.4. The van der Waals surface area contributed by atoms with Crippen LogP contribution in [0.25, 0.3) is 71.7 Å². The summed E-state index contributed by atoms with van der Waals surface area (Å²) >= 11 is 0. The van der Waals surface area contributed by atoms with E-state index >= 15 is 0 Å². The summed E-state index contributed by atoms with van der Waals surface area (Å²) in [5.41, 5.74) is 11.1. The van der Waals surface area contributed by atoms with E-state index in [0.29, 0.717) is 5.71 Å². The first-order valence-electron chi connectivity index (χ1n) is 16.6. The van der Waals surface area contributed by atoms with Gasteiger partial charge in [-0.3, -0.25) is 4.57 Å². The molecule has 0 saturated heterocycles. The lowest BCUT2D eigenvalue weighted by Gasteiger charge is -2.24. The number of pyridine rings is 1. The van der Waals surface area contributed by atoms with Gasteiger partial charge < -0.3 is 4.42 Å². The fourth-order valence-electron chi connectivity index (χ4n) is 7.72. The van der Waals surface area contributed by atoms with Crippen molar-refractivity contribution >= 4 is 54.6 Å². The van der Waals surface area contributed by atoms with Crippen molar-refractivity contribution in [3.05, 3.63) is 149 Å². The average Bonchev–Trinajstić information content (AvgIpc) is 3.69. The van der Waals surface area contributed by atoms with E-state index in [-0.39, 0.29) is 5.41 Å². The van der Waals surface area contributed by atoms with Crippen LogP contribution in [0.1, 0.15) is 41.8 Å². The maximum atomic E-state index is 6.85. The summed E-state index contributed by atoms with van der Waals surface area (Å²) in [5.74, 6) is 0.859. The summed E-state index contributed by atoms with van der Waals surface area (Å²) in [5, 5.41) is 6.83. The van der Waals surface area contributed by atoms with Crippen LogP contribution < -0.4 is 0 Å². The van der Waals surface area contributed by atoms with Gasteiger partial charge in [-0.2, -0.15) is 0 Å². The number of benzene rings is 6. The molecule has 3 heterocycles. The van der Waals surface area contributed by atoms with E-state index in [1.54, 1.807) is 0 Å². The zero-order chi connectivity index (χ0) is 32.7. The van der Waals surface area contributed by atoms with Crippen molar-refractivity contribution in [3.8, 4) is 17.1 Å². The minimum absolute atomic E-state index is 0.287. The normalized spacial score (nSPS) is 12.3. The Morgan fingerprint density at radius 1 is 0.562 bits per heavy atom. The molecule has 0 amide bonds. The fourth-order valence-corrected chi connectivity index (χ4v) is 7.72. The van der Waals surface area contributed by atoms with Crippen LogP contribution in [0.4, 0.5) is 0 Å². The smallest absolute Gasteiger partial charge is 0.227 e. The van der Waals surface area contributed by atoms with Gasteiger partial charge >= 0.3 is 0 Å². The molecule has 0 aliphatic heterocycles. The van der Waals surface area contributed by atoms with Crippen molar-refractivity contribution in [2.45, 2.75) is 40.0 Å². The molecule has 3 aromatic heterocycles. The second-order valence-electron chi connectivity index (χ2n) is 13.6. The molecule has 0 aliphatic carbocycles. The van der Waals surface area contributed by atoms with Crippen LogP contribution in [0.2, 0.25) is 0 Å². The van der Waals surface area contributed by atoms with Crippen molar-refractivity contribution in [3.63, 3.8) is 0 Å². The predicted octanol–water partition coefficient (Wildman–Crippen LogP) is 11.5. The van der Waals surface area contributed by atoms with Crippen molar-refractivity contribution in [1.82, 2.24) is 14.5 Å². The van der Waals surface area contributed by atoms with Gasteiger partial charge in [-0.1, -0.05) is 117 Å². The number of fused-ring (bicyclic) bond motifs is 9. The molecule has 0 saturated carbocycles. The zero-order valence-electron chi connectivity index (χ0n) is 27.8. The molecule has 0 unspecified atom stereocenters. The van der Waals surface area contributed by atoms with E-state index in [1.807, 2.05) is 0 Å². The Labute approximate surface area is 279 Å². The number of aryl methyl sites for hydroxylation is 3. The first-order valence-corrected chi connectivity index (χ1v) is 16.6. The number of furan rings is 1. The molecule has 9 aromatic rings. The topological polar surface area (TPSA) is 43.9 Å². The highest BCUT2D eigenvalue weighted by atomic mass is 16.3. The van der Waals surface area contributed by atoms with Gasteiger partial charge in [0.2, 0.25) is 5.71 Å². The highest BCUT2D eigenvalue weighted by Crippen LogP contribution is 2.44. The largest absolute Gasteiger partial charge is 0.437 e. The Balaban J connectivity index is 1.40. The fraction of sp³-hybridized carbons (Fsp3) is 0.136. The minimum Gasteiger partial charge on any atom is -0.437 e. The Kier molecular flexibility index (Phi) is 6.16. The molecule has 0 atom stereocenters. The van der Waals surface area contributed by atoms with Crippen LogP contribution in [-0.4, -0.2) is 14.5 Å². The molecule has 4 heteroatoms. The molecule has 0 spiro atoms. The van der Waals surface area contributed by atoms with Crippen molar-refractivity contribution in [2.24, 2.45) is 0 Å². The highest BCUT2D eigenvalue weighted by Gasteiger charge is 2.28. The number of rotatable bonds is 4. The van der Waals surface area contributed by atoms with Gasteiger partial charge in [0, 0.05) is 27.0 Å². The molecule has 0 fully saturated rings. The lowest BCUT2D eigenvalue weighted by molar-refractivity contribution is 0.601. The number of hydrogen-bond acceptors (Lipinski definition) is 3. The lowest BCUT2D eigenvalue weighted by atomic mass is 9.81. The molecule has 0 N–H and O–H groups in total. The molecular formula is C44H35N3O. The van der Waals surface area contributed by atoms with Crippen molar-refractivity contribution in [1.29, 1.82) is 0 Å². The van der Waals surface area contributed by atoms with Gasteiger partial charge in [0.05, 0.1) is 28.0 Å². The Morgan fingerprint density at radius 3 is 1.94 bits per heavy atom. The van der Waals surface area contributed by atoms with Crippen LogP contribution in [0.5, 0.6) is 0 Å². The Bertz CT molecular complexity index is 2710. The van der Waals surface area contributed by atoms with E-state index in [1.165, 1.54) is 32.8 Å². The Hall–Kier alpha value is -5.74. The molecular weight excluding hydrogens is 587 g/mol. The van der Waals surface area contributed by atoms with Crippen LogP contribution in [-0.2, 0) is 5.41 Å². The number of para-hydroxylation sites is 1. The number of imidazole rings is 1. The third kappa shape index (κ3) is 4.02. The van der Waals surface area contributed by atoms with E-state index in [9.17, 15) is 0 Å². The van der Waals surface area contributed by atoms with Gasteiger partial charge in [0.1, 0.15) is 11.4 Å². The number of hydrogen-bond donors (Lipinski definition) is 0. The molecule has 6 aromatic carbocycles. The van der Waals surface area contributed by atoms with Crippen LogP contribution >= 0.6 is 0 Å². The lowest BCUT2D eigenvalue weighted by Crippen LogP contribution is -2.20. The molecule has 48 heavy (non-hydrogen) atoms. The highest BCUT2D eigenvalue weighted by molar-refractivity contribution is 6.24. The molecule has 232 valence electrons. The van der Waals surface area contributed by atoms with Gasteiger partial charge in [-0.25, -0.2) is 9.97 Å². The predicted molar refractivity (Wildman–Crippen MR) is 199 cm³/mol. The first-order chi connectivity index (χ1) is 23.3. The number of nitrogens with zero attached hydrogens (tertiary/aromatic N) is 3. The maximum absolute atomic E-state index is 6.85. The van der Waals surface area contributed by atoms with E-state index in [2.05, 4.69) is 161 Å². The standard InChI is InChI=1S/C44H35N3O/c1-26-22-23-35(41-37(26)34-24-25-36(45-43(34)48-41)44(4,5)29-16-7-6-8-17-29)42-46-38-32-20-11-9-18-30(32)31-19-10-12-21-33(31)40(38)47(42)39-27(2)14-13-15-28(39)3/h6-25H,1-5H3. The summed E-state index contributed by atoms with van der Waals surface area (Å²) in [6.45, 7) is 11.0. The zero-order valence-corrected chi connectivity index (χ0v) is 27.8. The molecule has 4 nitrogen and oxygen atoms in total. The third-order valence-corrected chi connectivity index (χ3v) is 10.3. The summed E-state index contributed by atoms with van der Waals surface area (Å²) in [6.07, 6.45) is 0. The van der Waals surface area contributed by atoms with Crippen molar-refractivity contribution < 1.29 is 4.42 Å². The van der Waals surface area contributed by atoms with Crippen LogP contribution in [0.15, 0.2) is 126 Å². The Morgan fingerprint density at radius 2 is 1.21 bits per heavy atom. The summed E-state index contributed by atoms with van der Waals surface area (Å²) in [7, 11) is 0. The van der Waals surface area contributed by atoms with E-state index in [4.69, 9.17) is 14.4 Å². The quantitative estimate of drug-likeness (QED) is 0.184. The SMILES string of the molecule is Cc1cccc(C)c1-n1c(-c2ccc(C)c3c2oc2nc(C(C)(C)c4ccccc4)ccc23)nc2c3ccccc3c3ccccc3c21. The van der Waals surface area contributed by atoms with Gasteiger partial charge in [0.15, 0.2) is 0 Å². The third-order valence-electron chi connectivity index (χ3n) is 10.3. The van der Waals surface area contributed by atoms with Crippen LogP contribution in [0.3, 0.4) is 0 Å². The van der Waals surface area contributed by atoms with Gasteiger partial charge in [-0.15, -0.1) is 0 Å². The monoisotopic (exact) mass is 621 g/mol. The molecule has 9 rings (SSSR count). The second-order valence-corrected chi connectivity index (χ2v) is 13.6. The maximum Gasteiger partial charge on any atom is 0.227 e. The van der Waals surface area contributed by atoms with Gasteiger partial charge in [0.25, 0.3) is 0 Å². The van der Waals surface area contributed by atoms with E-state index < -0.39 is 0 Å². The van der Waals surface area contributed by atoms with E-state index in [0.717, 1.165) is 61.1 Å².